The largest absolute Gasteiger partial charge is 0.462 e. The minimum Gasteiger partial charge on any atom is -0.462 e. The standard InChI is InChI=1S/C21H30O4/c1-5-24-20(23)18-12-10-17(11-13-18)16-8-6-15(7-9-16)14-19(22)25-21(2,3)4/h10-13,15-16H,5-9,14H2,1-4H3. The maximum atomic E-state index is 12.0. The lowest BCUT2D eigenvalue weighted by Gasteiger charge is -2.29. The quantitative estimate of drug-likeness (QED) is 0.714. The van der Waals surface area contributed by atoms with Crippen molar-refractivity contribution in [3.05, 3.63) is 35.4 Å². The van der Waals surface area contributed by atoms with Gasteiger partial charge in [0.1, 0.15) is 5.60 Å². The Morgan fingerprint density at radius 1 is 1.04 bits per heavy atom. The molecule has 25 heavy (non-hydrogen) atoms. The monoisotopic (exact) mass is 346 g/mol. The number of carbonyl (C=O) groups excluding carboxylic acids is 2. The van der Waals surface area contributed by atoms with Crippen molar-refractivity contribution in [1.82, 2.24) is 0 Å². The van der Waals surface area contributed by atoms with E-state index >= 15 is 0 Å². The van der Waals surface area contributed by atoms with E-state index in [1.807, 2.05) is 52.0 Å². The topological polar surface area (TPSA) is 52.6 Å². The zero-order chi connectivity index (χ0) is 18.4. The zero-order valence-electron chi connectivity index (χ0n) is 15.8. The van der Waals surface area contributed by atoms with E-state index in [2.05, 4.69) is 0 Å². The van der Waals surface area contributed by atoms with Crippen LogP contribution in [0.5, 0.6) is 0 Å². The Kier molecular flexibility index (Phi) is 6.63. The Bertz CT molecular complexity index is 575. The summed E-state index contributed by atoms with van der Waals surface area (Å²) in [4.78, 5) is 23.7. The summed E-state index contributed by atoms with van der Waals surface area (Å²) < 4.78 is 10.4. The Morgan fingerprint density at radius 3 is 2.16 bits per heavy atom. The lowest BCUT2D eigenvalue weighted by molar-refractivity contribution is -0.156. The van der Waals surface area contributed by atoms with Gasteiger partial charge in [-0.25, -0.2) is 4.79 Å². The molecule has 1 aliphatic rings. The SMILES string of the molecule is CCOC(=O)c1ccc(C2CCC(CC(=O)OC(C)(C)C)CC2)cc1. The second-order valence-electron chi connectivity index (χ2n) is 7.85. The maximum absolute atomic E-state index is 12.0. The highest BCUT2D eigenvalue weighted by molar-refractivity contribution is 5.89. The third kappa shape index (κ3) is 6.18. The molecule has 4 heteroatoms. The van der Waals surface area contributed by atoms with Crippen LogP contribution in [0.4, 0.5) is 0 Å². The highest BCUT2D eigenvalue weighted by Gasteiger charge is 2.26. The van der Waals surface area contributed by atoms with Crippen molar-refractivity contribution < 1.29 is 19.1 Å². The van der Waals surface area contributed by atoms with Crippen molar-refractivity contribution in [3.63, 3.8) is 0 Å². The van der Waals surface area contributed by atoms with Crippen molar-refractivity contribution in [3.8, 4) is 0 Å². The van der Waals surface area contributed by atoms with Gasteiger partial charge >= 0.3 is 11.9 Å². The molecule has 0 aromatic heterocycles. The second kappa shape index (κ2) is 8.50. The molecular formula is C21H30O4. The fourth-order valence-corrected chi connectivity index (χ4v) is 3.42. The molecule has 0 atom stereocenters. The van der Waals surface area contributed by atoms with E-state index in [0.717, 1.165) is 25.7 Å². The van der Waals surface area contributed by atoms with Gasteiger partial charge < -0.3 is 9.47 Å². The maximum Gasteiger partial charge on any atom is 0.338 e. The lowest BCUT2D eigenvalue weighted by atomic mass is 9.77. The van der Waals surface area contributed by atoms with E-state index in [1.165, 1.54) is 5.56 Å². The summed E-state index contributed by atoms with van der Waals surface area (Å²) >= 11 is 0. The summed E-state index contributed by atoms with van der Waals surface area (Å²) in [5.74, 6) is 0.570. The third-order valence-corrected chi connectivity index (χ3v) is 4.62. The number of ether oxygens (including phenoxy) is 2. The molecule has 0 heterocycles. The van der Waals surface area contributed by atoms with E-state index in [4.69, 9.17) is 9.47 Å². The minimum atomic E-state index is -0.408. The molecule has 0 saturated heterocycles. The van der Waals surface area contributed by atoms with Gasteiger partial charge in [-0.15, -0.1) is 0 Å². The molecule has 1 aromatic rings. The molecule has 1 saturated carbocycles. The summed E-state index contributed by atoms with van der Waals surface area (Å²) in [5.41, 5.74) is 1.46. The van der Waals surface area contributed by atoms with Gasteiger partial charge in [0.2, 0.25) is 0 Å². The predicted molar refractivity (Wildman–Crippen MR) is 97.6 cm³/mol. The van der Waals surface area contributed by atoms with Gasteiger partial charge in [-0.3, -0.25) is 4.79 Å². The van der Waals surface area contributed by atoms with E-state index < -0.39 is 5.60 Å². The zero-order valence-corrected chi connectivity index (χ0v) is 15.8. The average molecular weight is 346 g/mol. The molecule has 1 fully saturated rings. The molecule has 0 N–H and O–H groups in total. The third-order valence-electron chi connectivity index (χ3n) is 4.62. The molecule has 0 bridgehead atoms. The molecule has 138 valence electrons. The number of carbonyl (C=O) groups is 2. The molecular weight excluding hydrogens is 316 g/mol. The summed E-state index contributed by atoms with van der Waals surface area (Å²) in [6.45, 7) is 7.91. The molecule has 1 aromatic carbocycles. The number of benzene rings is 1. The van der Waals surface area contributed by atoms with Crippen molar-refractivity contribution in [1.29, 1.82) is 0 Å². The van der Waals surface area contributed by atoms with Crippen molar-refractivity contribution in [2.24, 2.45) is 5.92 Å². The fourth-order valence-electron chi connectivity index (χ4n) is 3.42. The van der Waals surface area contributed by atoms with E-state index in [9.17, 15) is 9.59 Å². The highest BCUT2D eigenvalue weighted by atomic mass is 16.6. The Balaban J connectivity index is 1.83. The van der Waals surface area contributed by atoms with Crippen LogP contribution in [0.2, 0.25) is 0 Å². The van der Waals surface area contributed by atoms with Crippen LogP contribution >= 0.6 is 0 Å². The van der Waals surface area contributed by atoms with Gasteiger partial charge in [-0.05, 0) is 82.9 Å². The molecule has 0 radical (unpaired) electrons. The minimum absolute atomic E-state index is 0.0882. The first-order chi connectivity index (χ1) is 11.8. The predicted octanol–water partition coefficient (Wildman–Crippen LogP) is 4.87. The highest BCUT2D eigenvalue weighted by Crippen LogP contribution is 2.37. The summed E-state index contributed by atoms with van der Waals surface area (Å²) in [7, 11) is 0. The number of hydrogen-bond acceptors (Lipinski definition) is 4. The van der Waals surface area contributed by atoms with Crippen LogP contribution in [0.25, 0.3) is 0 Å². The van der Waals surface area contributed by atoms with Crippen LogP contribution in [0.1, 0.15) is 81.6 Å². The molecule has 4 nitrogen and oxygen atoms in total. The van der Waals surface area contributed by atoms with Gasteiger partial charge in [0.25, 0.3) is 0 Å². The molecule has 1 aliphatic carbocycles. The summed E-state index contributed by atoms with van der Waals surface area (Å²) in [6.07, 6.45) is 4.76. The first kappa shape index (κ1) is 19.5. The summed E-state index contributed by atoms with van der Waals surface area (Å²) in [5, 5.41) is 0. The van der Waals surface area contributed by atoms with Gasteiger partial charge in [-0.2, -0.15) is 0 Å². The van der Waals surface area contributed by atoms with E-state index in [1.54, 1.807) is 0 Å². The van der Waals surface area contributed by atoms with E-state index in [0.29, 0.717) is 30.4 Å². The Morgan fingerprint density at radius 2 is 1.64 bits per heavy atom. The van der Waals surface area contributed by atoms with E-state index in [-0.39, 0.29) is 11.9 Å². The Labute approximate surface area is 150 Å². The van der Waals surface area contributed by atoms with Crippen LogP contribution in [0, 0.1) is 5.92 Å². The first-order valence-corrected chi connectivity index (χ1v) is 9.27. The lowest BCUT2D eigenvalue weighted by Crippen LogP contribution is -2.26. The molecule has 0 amide bonds. The van der Waals surface area contributed by atoms with Crippen LogP contribution < -0.4 is 0 Å². The fraction of sp³-hybridized carbons (Fsp3) is 0.619. The smallest absolute Gasteiger partial charge is 0.338 e. The number of hydrogen-bond donors (Lipinski definition) is 0. The molecule has 0 unspecified atom stereocenters. The average Bonchev–Trinajstić information content (AvgIpc) is 2.54. The van der Waals surface area contributed by atoms with Crippen LogP contribution in [0.3, 0.4) is 0 Å². The van der Waals surface area contributed by atoms with Crippen molar-refractivity contribution in [2.75, 3.05) is 6.61 Å². The van der Waals surface area contributed by atoms with Gasteiger partial charge in [0.05, 0.1) is 12.2 Å². The van der Waals surface area contributed by atoms with Gasteiger partial charge in [0.15, 0.2) is 0 Å². The van der Waals surface area contributed by atoms with Gasteiger partial charge in [0, 0.05) is 6.42 Å². The van der Waals surface area contributed by atoms with Crippen LogP contribution in [-0.2, 0) is 14.3 Å². The molecule has 2 rings (SSSR count). The van der Waals surface area contributed by atoms with Crippen molar-refractivity contribution >= 4 is 11.9 Å². The molecule has 0 aliphatic heterocycles. The normalized spacial score (nSPS) is 20.8. The number of esters is 2. The molecule has 0 spiro atoms. The van der Waals surface area contributed by atoms with Crippen LogP contribution in [0.15, 0.2) is 24.3 Å². The van der Waals surface area contributed by atoms with Gasteiger partial charge in [-0.1, -0.05) is 12.1 Å². The van der Waals surface area contributed by atoms with Crippen molar-refractivity contribution in [2.45, 2.75) is 71.3 Å². The summed E-state index contributed by atoms with van der Waals surface area (Å²) in [6, 6.07) is 7.76. The second-order valence-corrected chi connectivity index (χ2v) is 7.85. The van der Waals surface area contributed by atoms with Crippen LogP contribution in [-0.4, -0.2) is 24.1 Å². The first-order valence-electron chi connectivity index (χ1n) is 9.27. The Hall–Kier alpha value is -1.84. The number of rotatable bonds is 5.